The molecule has 0 bridgehead atoms. The minimum Gasteiger partial charge on any atom is -0.452 e. The molecule has 1 aliphatic heterocycles. The maximum absolute atomic E-state index is 12.5. The second kappa shape index (κ2) is 7.09. The van der Waals surface area contributed by atoms with Gasteiger partial charge in [0, 0.05) is 18.2 Å². The molecule has 0 unspecified atom stereocenters. The van der Waals surface area contributed by atoms with Gasteiger partial charge >= 0.3 is 5.97 Å². The topological polar surface area (TPSA) is 95.7 Å². The maximum Gasteiger partial charge on any atom is 0.353 e. The first-order valence-electron chi connectivity index (χ1n) is 8.10. The number of non-ortho nitro benzene ring substituents is 1. The third-order valence-electron chi connectivity index (χ3n) is 3.98. The molecule has 4 rings (SSSR count). The van der Waals surface area contributed by atoms with Gasteiger partial charge in [0.2, 0.25) is 5.78 Å². The number of ether oxygens (including phenoxy) is 2. The third-order valence-corrected chi connectivity index (χ3v) is 4.83. The van der Waals surface area contributed by atoms with E-state index in [2.05, 4.69) is 0 Å². The first-order valence-corrected chi connectivity index (χ1v) is 8.98. The van der Waals surface area contributed by atoms with E-state index in [9.17, 15) is 19.7 Å². The monoisotopic (exact) mass is 393 g/mol. The average molecular weight is 393 g/mol. The fraction of sp³-hybridized carbons (Fsp3) is 0. The summed E-state index contributed by atoms with van der Waals surface area (Å²) in [6.45, 7) is 0. The van der Waals surface area contributed by atoms with Gasteiger partial charge in [-0.05, 0) is 47.4 Å². The molecule has 2 aromatic carbocycles. The summed E-state index contributed by atoms with van der Waals surface area (Å²) < 4.78 is 10.9. The molecule has 0 N–H and O–H groups in total. The molecule has 0 fully saturated rings. The zero-order valence-corrected chi connectivity index (χ0v) is 15.0. The summed E-state index contributed by atoms with van der Waals surface area (Å²) in [5, 5.41) is 12.5. The Balaban J connectivity index is 1.54. The van der Waals surface area contributed by atoms with Gasteiger partial charge in [-0.3, -0.25) is 14.9 Å². The summed E-state index contributed by atoms with van der Waals surface area (Å²) in [6.07, 6.45) is 1.50. The predicted octanol–water partition coefficient (Wildman–Crippen LogP) is 4.49. The lowest BCUT2D eigenvalue weighted by atomic mass is 10.1. The van der Waals surface area contributed by atoms with Crippen molar-refractivity contribution in [2.24, 2.45) is 0 Å². The molecular weight excluding hydrogens is 382 g/mol. The Hall–Kier alpha value is -3.78. The van der Waals surface area contributed by atoms with Crippen molar-refractivity contribution in [3.8, 4) is 11.5 Å². The van der Waals surface area contributed by atoms with Crippen LogP contribution in [-0.2, 0) is 0 Å². The number of fused-ring (bicyclic) bond motifs is 1. The summed E-state index contributed by atoms with van der Waals surface area (Å²) in [4.78, 5) is 35.2. The van der Waals surface area contributed by atoms with Crippen molar-refractivity contribution in [3.05, 3.63) is 91.9 Å². The van der Waals surface area contributed by atoms with Crippen LogP contribution in [0.1, 0.15) is 25.6 Å². The number of thiophene rings is 1. The number of benzene rings is 2. The van der Waals surface area contributed by atoms with Gasteiger partial charge in [0.1, 0.15) is 16.4 Å². The van der Waals surface area contributed by atoms with E-state index in [-0.39, 0.29) is 28.7 Å². The van der Waals surface area contributed by atoms with Crippen LogP contribution in [0.3, 0.4) is 0 Å². The van der Waals surface area contributed by atoms with Crippen LogP contribution in [0.15, 0.2) is 65.7 Å². The molecule has 7 nitrogen and oxygen atoms in total. The molecule has 0 radical (unpaired) electrons. The van der Waals surface area contributed by atoms with E-state index < -0.39 is 10.9 Å². The van der Waals surface area contributed by atoms with E-state index >= 15 is 0 Å². The Morgan fingerprint density at radius 3 is 2.61 bits per heavy atom. The number of carbonyl (C=O) groups is 2. The normalized spacial score (nSPS) is 13.9. The van der Waals surface area contributed by atoms with Gasteiger partial charge in [0.05, 0.1) is 10.5 Å². The number of Topliss-reactive ketones (excluding diaryl/α,β-unsaturated/α-hetero) is 1. The molecule has 0 saturated carbocycles. The number of nitro groups is 1. The van der Waals surface area contributed by atoms with E-state index in [0.29, 0.717) is 16.0 Å². The average Bonchev–Trinajstić information content (AvgIpc) is 3.31. The van der Waals surface area contributed by atoms with Crippen LogP contribution in [0.25, 0.3) is 6.08 Å². The first kappa shape index (κ1) is 17.6. The molecule has 0 spiro atoms. The zero-order valence-electron chi connectivity index (χ0n) is 14.2. The van der Waals surface area contributed by atoms with Crippen molar-refractivity contribution in [2.75, 3.05) is 0 Å². The van der Waals surface area contributed by atoms with E-state index in [1.807, 2.05) is 0 Å². The highest BCUT2D eigenvalue weighted by atomic mass is 32.1. The summed E-state index contributed by atoms with van der Waals surface area (Å²) >= 11 is 1.27. The fourth-order valence-corrected chi connectivity index (χ4v) is 3.23. The molecule has 3 aromatic rings. The van der Waals surface area contributed by atoms with E-state index in [0.717, 1.165) is 0 Å². The van der Waals surface area contributed by atoms with Crippen LogP contribution >= 0.6 is 11.3 Å². The number of hydrogen-bond acceptors (Lipinski definition) is 7. The van der Waals surface area contributed by atoms with Crippen molar-refractivity contribution in [3.63, 3.8) is 0 Å². The molecule has 1 aromatic heterocycles. The number of allylic oxidation sites excluding steroid dienone is 1. The minimum atomic E-state index is -0.497. The quantitative estimate of drug-likeness (QED) is 0.213. The number of nitrogens with zero attached hydrogens (tertiary/aromatic N) is 1. The van der Waals surface area contributed by atoms with Crippen LogP contribution < -0.4 is 9.47 Å². The lowest BCUT2D eigenvalue weighted by molar-refractivity contribution is -0.384. The van der Waals surface area contributed by atoms with E-state index in [4.69, 9.17) is 9.47 Å². The number of hydrogen-bond donors (Lipinski definition) is 0. The Labute approximate surface area is 162 Å². The van der Waals surface area contributed by atoms with Crippen molar-refractivity contribution >= 4 is 34.9 Å². The van der Waals surface area contributed by atoms with Crippen LogP contribution in [-0.4, -0.2) is 16.7 Å². The van der Waals surface area contributed by atoms with Crippen LogP contribution in [0.4, 0.5) is 5.69 Å². The highest BCUT2D eigenvalue weighted by Gasteiger charge is 2.28. The number of ketones is 1. The molecule has 0 amide bonds. The minimum absolute atomic E-state index is 0.0405. The van der Waals surface area contributed by atoms with Gasteiger partial charge in [0.15, 0.2) is 5.76 Å². The van der Waals surface area contributed by atoms with Crippen LogP contribution in [0, 0.1) is 10.1 Å². The lowest BCUT2D eigenvalue weighted by Crippen LogP contribution is -2.06. The molecule has 0 aliphatic carbocycles. The molecule has 0 saturated heterocycles. The zero-order chi connectivity index (χ0) is 19.7. The smallest absolute Gasteiger partial charge is 0.353 e. The predicted molar refractivity (Wildman–Crippen MR) is 102 cm³/mol. The van der Waals surface area contributed by atoms with Crippen molar-refractivity contribution in [1.82, 2.24) is 0 Å². The molecule has 8 heteroatoms. The largest absolute Gasteiger partial charge is 0.452 e. The van der Waals surface area contributed by atoms with E-state index in [1.54, 1.807) is 17.5 Å². The Bertz CT molecular complexity index is 1120. The van der Waals surface area contributed by atoms with Crippen LogP contribution in [0.2, 0.25) is 0 Å². The SMILES string of the molecule is O=C(Oc1ccc2c(c1)O/C(=C\c1ccc([N+](=O)[O-])cc1)C2=O)c1cccs1. The molecule has 0 atom stereocenters. The lowest BCUT2D eigenvalue weighted by Gasteiger charge is -2.04. The summed E-state index contributed by atoms with van der Waals surface area (Å²) in [5.41, 5.74) is 0.900. The number of esters is 1. The maximum atomic E-state index is 12.5. The highest BCUT2D eigenvalue weighted by Crippen LogP contribution is 2.35. The highest BCUT2D eigenvalue weighted by molar-refractivity contribution is 7.12. The standard InChI is InChI=1S/C20H11NO6S/c22-19-15-8-7-14(26-20(23)18-2-1-9-28-18)11-16(15)27-17(19)10-12-3-5-13(6-4-12)21(24)25/h1-11H/b17-10-. The van der Waals surface area contributed by atoms with Gasteiger partial charge in [-0.1, -0.05) is 6.07 Å². The number of carbonyl (C=O) groups excluding carboxylic acids is 2. The van der Waals surface area contributed by atoms with Gasteiger partial charge in [0.25, 0.3) is 5.69 Å². The third kappa shape index (κ3) is 3.40. The molecular formula is C20H11NO6S. The Kier molecular flexibility index (Phi) is 4.46. The fourth-order valence-electron chi connectivity index (χ4n) is 2.63. The second-order valence-electron chi connectivity index (χ2n) is 5.81. The van der Waals surface area contributed by atoms with Gasteiger partial charge in [-0.2, -0.15) is 0 Å². The first-order chi connectivity index (χ1) is 13.5. The molecule has 28 heavy (non-hydrogen) atoms. The van der Waals surface area contributed by atoms with E-state index in [1.165, 1.54) is 59.9 Å². The number of nitro benzene ring substituents is 1. The second-order valence-corrected chi connectivity index (χ2v) is 6.76. The molecule has 2 heterocycles. The molecule has 138 valence electrons. The summed E-state index contributed by atoms with van der Waals surface area (Å²) in [6, 6.07) is 13.7. The summed E-state index contributed by atoms with van der Waals surface area (Å²) in [5.74, 6) is -0.160. The van der Waals surface area contributed by atoms with Crippen molar-refractivity contribution in [1.29, 1.82) is 0 Å². The van der Waals surface area contributed by atoms with Gasteiger partial charge in [-0.15, -0.1) is 11.3 Å². The summed E-state index contributed by atoms with van der Waals surface area (Å²) in [7, 11) is 0. The van der Waals surface area contributed by atoms with Crippen molar-refractivity contribution in [2.45, 2.75) is 0 Å². The van der Waals surface area contributed by atoms with Gasteiger partial charge < -0.3 is 9.47 Å². The molecule has 1 aliphatic rings. The van der Waals surface area contributed by atoms with Gasteiger partial charge in [-0.25, -0.2) is 4.79 Å². The van der Waals surface area contributed by atoms with Crippen LogP contribution in [0.5, 0.6) is 11.5 Å². The Morgan fingerprint density at radius 2 is 1.93 bits per heavy atom. The Morgan fingerprint density at radius 1 is 1.14 bits per heavy atom. The number of rotatable bonds is 4. The van der Waals surface area contributed by atoms with Crippen molar-refractivity contribution < 1.29 is 24.0 Å².